The lowest BCUT2D eigenvalue weighted by Gasteiger charge is -2.34. The van der Waals surface area contributed by atoms with Crippen molar-refractivity contribution < 1.29 is 4.79 Å². The molecule has 0 saturated carbocycles. The number of amides is 1. The fourth-order valence-corrected chi connectivity index (χ4v) is 5.82. The van der Waals surface area contributed by atoms with E-state index >= 15 is 0 Å². The van der Waals surface area contributed by atoms with Gasteiger partial charge in [-0.25, -0.2) is 0 Å². The van der Waals surface area contributed by atoms with Gasteiger partial charge in [-0.1, -0.05) is 27.7 Å². The van der Waals surface area contributed by atoms with Crippen LogP contribution in [-0.4, -0.2) is 19.0 Å². The van der Waals surface area contributed by atoms with E-state index in [1.165, 1.54) is 35.4 Å². The van der Waals surface area contributed by atoms with Crippen LogP contribution >= 0.6 is 11.3 Å². The number of nitrogens with one attached hydrogen (secondary N) is 1. The highest BCUT2D eigenvalue weighted by Gasteiger charge is 2.31. The van der Waals surface area contributed by atoms with Crippen molar-refractivity contribution in [2.45, 2.75) is 59.8 Å². The molecule has 1 amide bonds. The van der Waals surface area contributed by atoms with E-state index in [1.54, 1.807) is 11.3 Å². The van der Waals surface area contributed by atoms with Crippen molar-refractivity contribution >= 4 is 28.6 Å². The van der Waals surface area contributed by atoms with Crippen LogP contribution in [0, 0.1) is 17.3 Å². The fourth-order valence-electron chi connectivity index (χ4n) is 4.66. The smallest absolute Gasteiger partial charge is 0.256 e. The number of piperidine rings is 1. The lowest BCUT2D eigenvalue weighted by molar-refractivity contribution is 0.102. The summed E-state index contributed by atoms with van der Waals surface area (Å²) in [6.07, 6.45) is 5.84. The van der Waals surface area contributed by atoms with Crippen LogP contribution in [0.5, 0.6) is 0 Å². The molecule has 2 aliphatic rings. The number of anilines is 2. The van der Waals surface area contributed by atoms with Gasteiger partial charge in [-0.15, -0.1) is 11.3 Å². The summed E-state index contributed by atoms with van der Waals surface area (Å²) in [5.41, 5.74) is 4.64. The maximum absolute atomic E-state index is 12.9. The SMILES string of the molecule is CC1CCN(c2ccc(NC(=O)c3csc4c3CCC(C(C)(C)C)C4)cc2)CC1. The lowest BCUT2D eigenvalue weighted by atomic mass is 9.72. The molecule has 1 aliphatic heterocycles. The standard InChI is InChI=1S/C25H34N2OS/c1-17-11-13-27(14-12-17)20-8-6-19(7-9-20)26-24(28)22-16-29-23-15-18(25(2,3)4)5-10-21(22)23/h6-9,16-18H,5,10-15H2,1-4H3,(H,26,28). The minimum Gasteiger partial charge on any atom is -0.372 e. The third kappa shape index (κ3) is 4.53. The van der Waals surface area contributed by atoms with Gasteiger partial charge in [0.15, 0.2) is 0 Å². The molecule has 2 aromatic rings. The predicted octanol–water partition coefficient (Wildman–Crippen LogP) is 6.39. The minimum absolute atomic E-state index is 0.0382. The summed E-state index contributed by atoms with van der Waals surface area (Å²) in [5, 5.41) is 5.19. The highest BCUT2D eigenvalue weighted by Crippen LogP contribution is 2.40. The number of carbonyl (C=O) groups is 1. The predicted molar refractivity (Wildman–Crippen MR) is 124 cm³/mol. The molecule has 1 saturated heterocycles. The molecule has 1 fully saturated rings. The Morgan fingerprint density at radius 2 is 1.79 bits per heavy atom. The van der Waals surface area contributed by atoms with Crippen LogP contribution in [-0.2, 0) is 12.8 Å². The van der Waals surface area contributed by atoms with Gasteiger partial charge in [-0.05, 0) is 79.2 Å². The van der Waals surface area contributed by atoms with Crippen molar-refractivity contribution in [3.8, 4) is 0 Å². The number of benzene rings is 1. The van der Waals surface area contributed by atoms with Crippen molar-refractivity contribution in [1.29, 1.82) is 0 Å². The number of carbonyl (C=O) groups excluding carboxylic acids is 1. The first-order valence-corrected chi connectivity index (χ1v) is 11.9. The van der Waals surface area contributed by atoms with Crippen LogP contribution in [0.3, 0.4) is 0 Å². The molecule has 0 bridgehead atoms. The van der Waals surface area contributed by atoms with E-state index in [0.29, 0.717) is 11.3 Å². The van der Waals surface area contributed by atoms with Crippen LogP contribution in [0.15, 0.2) is 29.6 Å². The Bertz CT molecular complexity index is 854. The Morgan fingerprint density at radius 3 is 2.45 bits per heavy atom. The van der Waals surface area contributed by atoms with Gasteiger partial charge in [-0.2, -0.15) is 0 Å². The normalized spacial score (nSPS) is 20.4. The van der Waals surface area contributed by atoms with Crippen molar-refractivity contribution in [3.05, 3.63) is 45.6 Å². The lowest BCUT2D eigenvalue weighted by Crippen LogP contribution is -2.32. The van der Waals surface area contributed by atoms with Gasteiger partial charge >= 0.3 is 0 Å². The second-order valence-electron chi connectivity index (χ2n) is 10.0. The molecule has 1 N–H and O–H groups in total. The number of thiophene rings is 1. The quantitative estimate of drug-likeness (QED) is 0.636. The summed E-state index contributed by atoms with van der Waals surface area (Å²) < 4.78 is 0. The first kappa shape index (κ1) is 20.5. The second kappa shape index (κ2) is 8.14. The molecule has 1 aromatic carbocycles. The van der Waals surface area contributed by atoms with Crippen molar-refractivity contribution in [1.82, 2.24) is 0 Å². The van der Waals surface area contributed by atoms with Crippen LogP contribution in [0.1, 0.15) is 67.8 Å². The van der Waals surface area contributed by atoms with Gasteiger partial charge < -0.3 is 10.2 Å². The van der Waals surface area contributed by atoms with Crippen molar-refractivity contribution in [3.63, 3.8) is 0 Å². The first-order valence-electron chi connectivity index (χ1n) is 11.1. The van der Waals surface area contributed by atoms with E-state index in [1.807, 2.05) is 12.1 Å². The maximum atomic E-state index is 12.9. The molecule has 2 heterocycles. The minimum atomic E-state index is 0.0382. The number of hydrogen-bond acceptors (Lipinski definition) is 3. The van der Waals surface area contributed by atoms with Crippen molar-refractivity contribution in [2.24, 2.45) is 17.3 Å². The summed E-state index contributed by atoms with van der Waals surface area (Å²) in [6, 6.07) is 8.37. The van der Waals surface area contributed by atoms with E-state index in [4.69, 9.17) is 0 Å². The van der Waals surface area contributed by atoms with E-state index in [0.717, 1.165) is 43.1 Å². The molecule has 4 heteroatoms. The average molecular weight is 411 g/mol. The Kier molecular flexibility index (Phi) is 5.74. The van der Waals surface area contributed by atoms with Crippen molar-refractivity contribution in [2.75, 3.05) is 23.3 Å². The average Bonchev–Trinajstić information content (AvgIpc) is 3.12. The number of hydrogen-bond donors (Lipinski definition) is 1. The summed E-state index contributed by atoms with van der Waals surface area (Å²) in [6.45, 7) is 11.6. The zero-order valence-corrected chi connectivity index (χ0v) is 19.1. The zero-order chi connectivity index (χ0) is 20.6. The Balaban J connectivity index is 1.41. The topological polar surface area (TPSA) is 32.3 Å². The summed E-state index contributed by atoms with van der Waals surface area (Å²) in [7, 11) is 0. The Morgan fingerprint density at radius 1 is 1.10 bits per heavy atom. The monoisotopic (exact) mass is 410 g/mol. The summed E-state index contributed by atoms with van der Waals surface area (Å²) >= 11 is 1.76. The third-order valence-electron chi connectivity index (χ3n) is 6.90. The van der Waals surface area contributed by atoms with Gasteiger partial charge in [0, 0.05) is 34.7 Å². The molecule has 156 valence electrons. The van der Waals surface area contributed by atoms with Crippen LogP contribution < -0.4 is 10.2 Å². The van der Waals surface area contributed by atoms with Crippen LogP contribution in [0.4, 0.5) is 11.4 Å². The largest absolute Gasteiger partial charge is 0.372 e. The molecular formula is C25H34N2OS. The highest BCUT2D eigenvalue weighted by atomic mass is 32.1. The molecule has 29 heavy (non-hydrogen) atoms. The van der Waals surface area contributed by atoms with Gasteiger partial charge in [0.25, 0.3) is 5.91 Å². The zero-order valence-electron chi connectivity index (χ0n) is 18.3. The molecule has 1 unspecified atom stereocenters. The van der Waals surface area contributed by atoms with Gasteiger partial charge in [-0.3, -0.25) is 4.79 Å². The first-order chi connectivity index (χ1) is 13.8. The van der Waals surface area contributed by atoms with E-state index < -0.39 is 0 Å². The van der Waals surface area contributed by atoms with E-state index in [9.17, 15) is 4.79 Å². The molecule has 1 aliphatic carbocycles. The summed E-state index contributed by atoms with van der Waals surface area (Å²) in [4.78, 5) is 16.8. The van der Waals surface area contributed by atoms with E-state index in [-0.39, 0.29) is 5.91 Å². The molecular weight excluding hydrogens is 376 g/mol. The highest BCUT2D eigenvalue weighted by molar-refractivity contribution is 7.10. The molecule has 0 radical (unpaired) electrons. The molecule has 1 aromatic heterocycles. The number of rotatable bonds is 3. The van der Waals surface area contributed by atoms with Gasteiger partial charge in [0.1, 0.15) is 0 Å². The van der Waals surface area contributed by atoms with Crippen LogP contribution in [0.2, 0.25) is 0 Å². The fraction of sp³-hybridized carbons (Fsp3) is 0.560. The number of fused-ring (bicyclic) bond motifs is 1. The summed E-state index contributed by atoms with van der Waals surface area (Å²) in [5.74, 6) is 1.58. The van der Waals surface area contributed by atoms with Gasteiger partial charge in [0.2, 0.25) is 0 Å². The second-order valence-corrected chi connectivity index (χ2v) is 11.0. The van der Waals surface area contributed by atoms with Crippen LogP contribution in [0.25, 0.3) is 0 Å². The number of nitrogens with zero attached hydrogens (tertiary/aromatic N) is 1. The van der Waals surface area contributed by atoms with Gasteiger partial charge in [0.05, 0.1) is 5.56 Å². The maximum Gasteiger partial charge on any atom is 0.256 e. The Labute approximate surface area is 179 Å². The molecule has 4 rings (SSSR count). The third-order valence-corrected chi connectivity index (χ3v) is 7.95. The molecule has 3 nitrogen and oxygen atoms in total. The Hall–Kier alpha value is -1.81. The van der Waals surface area contributed by atoms with E-state index in [2.05, 4.69) is 55.4 Å². The molecule has 0 spiro atoms. The molecule has 1 atom stereocenters.